The largest absolute Gasteiger partial charge is 0.448 e. The molecule has 0 aliphatic carbocycles. The van der Waals surface area contributed by atoms with Crippen molar-refractivity contribution in [3.8, 4) is 11.8 Å². The molecule has 0 saturated heterocycles. The minimum absolute atomic E-state index is 0.303. The van der Waals surface area contributed by atoms with E-state index in [1.165, 1.54) is 0 Å². The van der Waals surface area contributed by atoms with Gasteiger partial charge in [0.05, 0.1) is 5.88 Å². The topological polar surface area (TPSA) is 13.1 Å². The molecular weight excluding hydrogens is 219 g/mol. The highest BCUT2D eigenvalue weighted by Crippen LogP contribution is 2.22. The molecule has 2 rings (SSSR count). The van der Waals surface area contributed by atoms with Gasteiger partial charge in [-0.15, -0.1) is 11.6 Å². The van der Waals surface area contributed by atoms with Crippen LogP contribution in [0.3, 0.4) is 0 Å². The molecule has 1 nitrogen and oxygen atoms in total. The smallest absolute Gasteiger partial charge is 0.178 e. The Hall–Kier alpha value is -1.10. The highest BCUT2D eigenvalue weighted by molar-refractivity contribution is 6.31. The van der Waals surface area contributed by atoms with Crippen LogP contribution in [0.2, 0.25) is 5.02 Å². The molecular formula is C11H6Cl2O. The van der Waals surface area contributed by atoms with E-state index in [2.05, 4.69) is 11.8 Å². The average molecular weight is 225 g/mol. The zero-order valence-electron chi connectivity index (χ0n) is 7.18. The maximum atomic E-state index is 5.83. The molecule has 14 heavy (non-hydrogen) atoms. The van der Waals surface area contributed by atoms with Gasteiger partial charge in [-0.05, 0) is 24.1 Å². The highest BCUT2D eigenvalue weighted by Gasteiger charge is 2.01. The summed E-state index contributed by atoms with van der Waals surface area (Å²) in [7, 11) is 0. The van der Waals surface area contributed by atoms with Gasteiger partial charge < -0.3 is 4.42 Å². The van der Waals surface area contributed by atoms with E-state index in [1.807, 2.05) is 18.2 Å². The lowest BCUT2D eigenvalue weighted by atomic mass is 10.2. The molecule has 0 aliphatic rings. The third-order valence-electron chi connectivity index (χ3n) is 1.76. The Morgan fingerprint density at radius 3 is 2.93 bits per heavy atom. The van der Waals surface area contributed by atoms with E-state index in [1.54, 1.807) is 6.07 Å². The van der Waals surface area contributed by atoms with Crippen LogP contribution in [-0.4, -0.2) is 5.88 Å². The minimum Gasteiger partial charge on any atom is -0.448 e. The summed E-state index contributed by atoms with van der Waals surface area (Å²) in [6.07, 6.45) is 0. The summed E-state index contributed by atoms with van der Waals surface area (Å²) in [5.74, 6) is 6.46. The molecule has 3 heteroatoms. The van der Waals surface area contributed by atoms with Gasteiger partial charge in [-0.1, -0.05) is 17.5 Å². The summed E-state index contributed by atoms with van der Waals surface area (Å²) < 4.78 is 5.43. The van der Waals surface area contributed by atoms with E-state index in [-0.39, 0.29) is 0 Å². The van der Waals surface area contributed by atoms with Gasteiger partial charge >= 0.3 is 0 Å². The second-order valence-electron chi connectivity index (χ2n) is 2.73. The van der Waals surface area contributed by atoms with Gasteiger partial charge in [0.25, 0.3) is 0 Å². The van der Waals surface area contributed by atoms with Crippen molar-refractivity contribution in [3.05, 3.63) is 35.0 Å². The normalized spacial score (nSPS) is 9.86. The van der Waals surface area contributed by atoms with Crippen molar-refractivity contribution >= 4 is 34.2 Å². The Bertz CT molecular complexity index is 517. The Kier molecular flexibility index (Phi) is 2.67. The van der Waals surface area contributed by atoms with Crippen molar-refractivity contribution in [2.24, 2.45) is 0 Å². The summed E-state index contributed by atoms with van der Waals surface area (Å²) in [6.45, 7) is 0. The molecule has 0 atom stereocenters. The molecule has 0 radical (unpaired) electrons. The van der Waals surface area contributed by atoms with Crippen LogP contribution in [0, 0.1) is 11.8 Å². The Morgan fingerprint density at radius 1 is 1.29 bits per heavy atom. The highest BCUT2D eigenvalue weighted by atomic mass is 35.5. The molecule has 0 aliphatic heterocycles. The first kappa shape index (κ1) is 9.45. The predicted molar refractivity (Wildman–Crippen MR) is 58.8 cm³/mol. The molecule has 1 aromatic heterocycles. The lowest BCUT2D eigenvalue weighted by Gasteiger charge is -1.87. The Balaban J connectivity index is 2.51. The fourth-order valence-electron chi connectivity index (χ4n) is 1.20. The molecule has 0 spiro atoms. The molecule has 70 valence electrons. The summed E-state index contributed by atoms with van der Waals surface area (Å²) in [6, 6.07) is 7.29. The fourth-order valence-corrected chi connectivity index (χ4v) is 1.44. The van der Waals surface area contributed by atoms with Gasteiger partial charge in [0.1, 0.15) is 5.58 Å². The van der Waals surface area contributed by atoms with Crippen LogP contribution in [0.4, 0.5) is 0 Å². The lowest BCUT2D eigenvalue weighted by Crippen LogP contribution is -1.64. The monoisotopic (exact) mass is 224 g/mol. The van der Waals surface area contributed by atoms with Gasteiger partial charge in [-0.3, -0.25) is 0 Å². The third-order valence-corrected chi connectivity index (χ3v) is 2.13. The van der Waals surface area contributed by atoms with Crippen molar-refractivity contribution in [3.63, 3.8) is 0 Å². The summed E-state index contributed by atoms with van der Waals surface area (Å²) in [4.78, 5) is 0. The van der Waals surface area contributed by atoms with Crippen molar-refractivity contribution in [1.29, 1.82) is 0 Å². The van der Waals surface area contributed by atoms with Gasteiger partial charge in [-0.2, -0.15) is 0 Å². The summed E-state index contributed by atoms with van der Waals surface area (Å²) in [5, 5.41) is 1.64. The minimum atomic E-state index is 0.303. The summed E-state index contributed by atoms with van der Waals surface area (Å²) in [5.41, 5.74) is 0.785. The van der Waals surface area contributed by atoms with Crippen LogP contribution in [0.15, 0.2) is 28.7 Å². The zero-order chi connectivity index (χ0) is 9.97. The number of hydrogen-bond acceptors (Lipinski definition) is 1. The third kappa shape index (κ3) is 1.87. The van der Waals surface area contributed by atoms with E-state index in [9.17, 15) is 0 Å². The van der Waals surface area contributed by atoms with Crippen molar-refractivity contribution in [1.82, 2.24) is 0 Å². The number of fused-ring (bicyclic) bond motifs is 1. The second-order valence-corrected chi connectivity index (χ2v) is 3.43. The number of benzene rings is 1. The number of hydrogen-bond donors (Lipinski definition) is 0. The van der Waals surface area contributed by atoms with Gasteiger partial charge in [0, 0.05) is 16.5 Å². The molecule has 2 aromatic rings. The van der Waals surface area contributed by atoms with Crippen molar-refractivity contribution in [2.45, 2.75) is 0 Å². The molecule has 0 saturated carbocycles. The van der Waals surface area contributed by atoms with Crippen molar-refractivity contribution < 1.29 is 4.42 Å². The number of furan rings is 1. The SMILES string of the molecule is ClCC#Cc1cc2cc(Cl)ccc2o1. The van der Waals surface area contributed by atoms with E-state index in [0.29, 0.717) is 16.7 Å². The lowest BCUT2D eigenvalue weighted by molar-refractivity contribution is 0.601. The number of rotatable bonds is 0. The van der Waals surface area contributed by atoms with Crippen LogP contribution >= 0.6 is 23.2 Å². The van der Waals surface area contributed by atoms with Crippen LogP contribution in [0.5, 0.6) is 0 Å². The Labute approximate surface area is 91.6 Å². The molecule has 0 amide bonds. The van der Waals surface area contributed by atoms with Crippen LogP contribution < -0.4 is 0 Å². The van der Waals surface area contributed by atoms with Gasteiger partial charge in [0.2, 0.25) is 0 Å². The maximum absolute atomic E-state index is 5.83. The second kappa shape index (κ2) is 3.96. The standard InChI is InChI=1S/C11H6Cl2O/c12-5-1-2-10-7-8-6-9(13)3-4-11(8)14-10/h3-4,6-7H,5H2. The first-order valence-corrected chi connectivity index (χ1v) is 4.95. The number of alkyl halides is 1. The molecule has 0 unspecified atom stereocenters. The van der Waals surface area contributed by atoms with Crippen LogP contribution in [-0.2, 0) is 0 Å². The first-order chi connectivity index (χ1) is 6.79. The van der Waals surface area contributed by atoms with E-state index in [4.69, 9.17) is 27.6 Å². The van der Waals surface area contributed by atoms with Crippen LogP contribution in [0.25, 0.3) is 11.0 Å². The fraction of sp³-hybridized carbons (Fsp3) is 0.0909. The van der Waals surface area contributed by atoms with E-state index < -0.39 is 0 Å². The van der Waals surface area contributed by atoms with Crippen LogP contribution in [0.1, 0.15) is 5.76 Å². The van der Waals surface area contributed by atoms with Gasteiger partial charge in [-0.25, -0.2) is 0 Å². The maximum Gasteiger partial charge on any atom is 0.178 e. The van der Waals surface area contributed by atoms with Gasteiger partial charge in [0.15, 0.2) is 5.76 Å². The molecule has 0 fully saturated rings. The van der Waals surface area contributed by atoms with Crippen molar-refractivity contribution in [2.75, 3.05) is 5.88 Å². The quantitative estimate of drug-likeness (QED) is 0.492. The predicted octanol–water partition coefficient (Wildman–Crippen LogP) is 3.68. The zero-order valence-corrected chi connectivity index (χ0v) is 8.69. The van der Waals surface area contributed by atoms with E-state index >= 15 is 0 Å². The number of halogens is 2. The molecule has 0 N–H and O–H groups in total. The molecule has 1 heterocycles. The summed E-state index contributed by atoms with van der Waals surface area (Å²) >= 11 is 11.3. The first-order valence-electron chi connectivity index (χ1n) is 4.03. The molecule has 1 aromatic carbocycles. The average Bonchev–Trinajstić information content (AvgIpc) is 2.56. The van der Waals surface area contributed by atoms with E-state index in [0.717, 1.165) is 11.0 Å². The Morgan fingerprint density at radius 2 is 2.14 bits per heavy atom. The molecule has 0 bridgehead atoms.